The number of benzene rings is 1. The number of guanidine groups is 1. The van der Waals surface area contributed by atoms with Gasteiger partial charge >= 0.3 is 0 Å². The van der Waals surface area contributed by atoms with Gasteiger partial charge < -0.3 is 20.1 Å². The number of ether oxygens (including phenoxy) is 1. The Labute approximate surface area is 167 Å². The molecule has 1 saturated heterocycles. The van der Waals surface area contributed by atoms with Gasteiger partial charge in [0.2, 0.25) is 0 Å². The first-order valence-electron chi connectivity index (χ1n) is 9.99. The fraction of sp³-hybridized carbons (Fsp3) is 0.455. The zero-order valence-corrected chi connectivity index (χ0v) is 16.5. The molecule has 2 heterocycles. The number of nitrogens with one attached hydrogen (secondary N) is 1. The summed E-state index contributed by atoms with van der Waals surface area (Å²) in [5.74, 6) is 1.36. The lowest BCUT2D eigenvalue weighted by Crippen LogP contribution is -2.40. The number of likely N-dealkylation sites (tertiary alicyclic amines) is 1. The zero-order chi connectivity index (χ0) is 19.6. The van der Waals surface area contributed by atoms with Gasteiger partial charge in [-0.25, -0.2) is 0 Å². The van der Waals surface area contributed by atoms with Crippen molar-refractivity contribution in [2.24, 2.45) is 10.9 Å². The Morgan fingerprint density at radius 2 is 2.07 bits per heavy atom. The highest BCUT2D eigenvalue weighted by Gasteiger charge is 2.25. The summed E-state index contributed by atoms with van der Waals surface area (Å²) in [4.78, 5) is 10.9. The van der Waals surface area contributed by atoms with Crippen molar-refractivity contribution < 1.29 is 9.84 Å². The maximum atomic E-state index is 10.4. The number of rotatable bonds is 8. The smallest absolute Gasteiger partial charge is 0.194 e. The van der Waals surface area contributed by atoms with Crippen LogP contribution in [-0.2, 0) is 11.3 Å². The summed E-state index contributed by atoms with van der Waals surface area (Å²) in [5.41, 5.74) is 2.04. The second kappa shape index (κ2) is 10.8. The van der Waals surface area contributed by atoms with Gasteiger partial charge in [-0.05, 0) is 36.6 Å². The Morgan fingerprint density at radius 3 is 2.82 bits per heavy atom. The molecule has 1 aliphatic heterocycles. The molecular weight excluding hydrogens is 352 g/mol. The first-order valence-corrected chi connectivity index (χ1v) is 9.99. The van der Waals surface area contributed by atoms with Gasteiger partial charge in [-0.2, -0.15) is 0 Å². The maximum Gasteiger partial charge on any atom is 0.194 e. The molecule has 0 radical (unpaired) electrons. The molecule has 1 aromatic heterocycles. The first-order chi connectivity index (χ1) is 13.8. The lowest BCUT2D eigenvalue weighted by Gasteiger charge is -2.22. The minimum Gasteiger partial charge on any atom is -0.386 e. The summed E-state index contributed by atoms with van der Waals surface area (Å²) in [6.07, 6.45) is 3.85. The van der Waals surface area contributed by atoms with Crippen LogP contribution in [0.15, 0.2) is 59.9 Å². The van der Waals surface area contributed by atoms with E-state index in [1.807, 2.05) is 30.3 Å². The molecule has 2 atom stereocenters. The van der Waals surface area contributed by atoms with E-state index in [2.05, 4.69) is 39.2 Å². The van der Waals surface area contributed by atoms with E-state index in [1.165, 1.54) is 5.56 Å². The van der Waals surface area contributed by atoms with E-state index < -0.39 is 6.10 Å². The SMILES string of the molecule is CCNC(=NCC(O)c1ccncc1)N1CCC(COCc2ccccc2)C1. The van der Waals surface area contributed by atoms with Gasteiger partial charge in [0.05, 0.1) is 25.9 Å². The van der Waals surface area contributed by atoms with Gasteiger partial charge in [0.1, 0.15) is 0 Å². The Balaban J connectivity index is 1.48. The first kappa shape index (κ1) is 20.3. The minimum absolute atomic E-state index is 0.331. The Morgan fingerprint density at radius 1 is 1.29 bits per heavy atom. The van der Waals surface area contributed by atoms with Crippen molar-refractivity contribution in [1.29, 1.82) is 0 Å². The standard InChI is InChI=1S/C22H30N4O2/c1-2-24-22(25-14-21(27)20-8-11-23-12-9-20)26-13-10-19(15-26)17-28-16-18-6-4-3-5-7-18/h3-9,11-12,19,21,27H,2,10,13-17H2,1H3,(H,24,25). The number of hydrogen-bond donors (Lipinski definition) is 2. The van der Waals surface area contributed by atoms with Crippen LogP contribution in [0.25, 0.3) is 0 Å². The Hall–Kier alpha value is -2.44. The van der Waals surface area contributed by atoms with E-state index in [-0.39, 0.29) is 0 Å². The molecule has 2 N–H and O–H groups in total. The van der Waals surface area contributed by atoms with Gasteiger partial charge in [-0.15, -0.1) is 0 Å². The van der Waals surface area contributed by atoms with Gasteiger partial charge in [0, 0.05) is 37.9 Å². The van der Waals surface area contributed by atoms with Crippen molar-refractivity contribution in [3.05, 3.63) is 66.0 Å². The van der Waals surface area contributed by atoms with Crippen LogP contribution in [0.5, 0.6) is 0 Å². The molecule has 3 rings (SSSR count). The minimum atomic E-state index is -0.621. The zero-order valence-electron chi connectivity index (χ0n) is 16.5. The van der Waals surface area contributed by atoms with Crippen LogP contribution in [0.1, 0.15) is 30.6 Å². The molecule has 0 bridgehead atoms. The molecule has 0 aliphatic carbocycles. The van der Waals surface area contributed by atoms with E-state index in [0.29, 0.717) is 19.1 Å². The van der Waals surface area contributed by atoms with Crippen LogP contribution >= 0.6 is 0 Å². The molecule has 0 saturated carbocycles. The van der Waals surface area contributed by atoms with Gasteiger partial charge in [-0.1, -0.05) is 30.3 Å². The van der Waals surface area contributed by atoms with Crippen LogP contribution in [0.4, 0.5) is 0 Å². The van der Waals surface area contributed by atoms with Gasteiger partial charge in [-0.3, -0.25) is 9.98 Å². The summed E-state index contributed by atoms with van der Waals surface area (Å²) < 4.78 is 5.91. The monoisotopic (exact) mass is 382 g/mol. The lowest BCUT2D eigenvalue weighted by atomic mass is 10.1. The quantitative estimate of drug-likeness (QED) is 0.543. The highest BCUT2D eigenvalue weighted by atomic mass is 16.5. The number of hydrogen-bond acceptors (Lipinski definition) is 4. The van der Waals surface area contributed by atoms with Gasteiger partial charge in [0.25, 0.3) is 0 Å². The Kier molecular flexibility index (Phi) is 7.82. The third-order valence-electron chi connectivity index (χ3n) is 4.89. The van der Waals surface area contributed by atoms with Crippen LogP contribution in [0, 0.1) is 5.92 Å². The van der Waals surface area contributed by atoms with Crippen molar-refractivity contribution in [3.8, 4) is 0 Å². The molecule has 0 spiro atoms. The van der Waals surface area contributed by atoms with E-state index >= 15 is 0 Å². The third-order valence-corrected chi connectivity index (χ3v) is 4.89. The molecular formula is C22H30N4O2. The van der Waals surface area contributed by atoms with Crippen molar-refractivity contribution >= 4 is 5.96 Å². The predicted octanol–water partition coefficient (Wildman–Crippen LogP) is 2.62. The van der Waals surface area contributed by atoms with Gasteiger partial charge in [0.15, 0.2) is 5.96 Å². The number of aliphatic hydroxyl groups is 1. The second-order valence-electron chi connectivity index (χ2n) is 7.09. The molecule has 2 aromatic rings. The molecule has 1 aliphatic rings. The normalized spacial score (nSPS) is 18.3. The number of aromatic nitrogens is 1. The van der Waals surface area contributed by atoms with E-state index in [9.17, 15) is 5.11 Å². The summed E-state index contributed by atoms with van der Waals surface area (Å²) >= 11 is 0. The second-order valence-corrected chi connectivity index (χ2v) is 7.09. The summed E-state index contributed by atoms with van der Waals surface area (Å²) in [6.45, 7) is 6.48. The topological polar surface area (TPSA) is 70.0 Å². The highest BCUT2D eigenvalue weighted by molar-refractivity contribution is 5.80. The maximum absolute atomic E-state index is 10.4. The molecule has 1 aromatic carbocycles. The average molecular weight is 383 g/mol. The van der Waals surface area contributed by atoms with Crippen LogP contribution in [0.3, 0.4) is 0 Å². The van der Waals surface area contributed by atoms with Crippen molar-refractivity contribution in [1.82, 2.24) is 15.2 Å². The molecule has 2 unspecified atom stereocenters. The number of nitrogens with zero attached hydrogens (tertiary/aromatic N) is 3. The summed E-state index contributed by atoms with van der Waals surface area (Å²) in [7, 11) is 0. The van der Waals surface area contributed by atoms with Crippen LogP contribution in [-0.4, -0.2) is 53.7 Å². The molecule has 0 amide bonds. The molecule has 6 nitrogen and oxygen atoms in total. The fourth-order valence-electron chi connectivity index (χ4n) is 3.37. The predicted molar refractivity (Wildman–Crippen MR) is 111 cm³/mol. The van der Waals surface area contributed by atoms with Crippen molar-refractivity contribution in [2.75, 3.05) is 32.8 Å². The Bertz CT molecular complexity index is 724. The number of aliphatic hydroxyl groups excluding tert-OH is 1. The lowest BCUT2D eigenvalue weighted by molar-refractivity contribution is 0.0906. The molecule has 6 heteroatoms. The largest absolute Gasteiger partial charge is 0.386 e. The van der Waals surface area contributed by atoms with Crippen LogP contribution in [0.2, 0.25) is 0 Å². The summed E-state index contributed by atoms with van der Waals surface area (Å²) in [6, 6.07) is 13.9. The van der Waals surface area contributed by atoms with Crippen molar-refractivity contribution in [2.45, 2.75) is 26.1 Å². The van der Waals surface area contributed by atoms with E-state index in [4.69, 9.17) is 4.74 Å². The summed E-state index contributed by atoms with van der Waals surface area (Å²) in [5, 5.41) is 13.7. The molecule has 150 valence electrons. The third kappa shape index (κ3) is 6.04. The fourth-order valence-corrected chi connectivity index (χ4v) is 3.37. The number of pyridine rings is 1. The highest BCUT2D eigenvalue weighted by Crippen LogP contribution is 2.18. The molecule has 1 fully saturated rings. The van der Waals surface area contributed by atoms with Crippen LogP contribution < -0.4 is 5.32 Å². The average Bonchev–Trinajstić information content (AvgIpc) is 3.21. The number of aliphatic imine (C=N–C) groups is 1. The van der Waals surface area contributed by atoms with E-state index in [1.54, 1.807) is 12.4 Å². The van der Waals surface area contributed by atoms with Crippen molar-refractivity contribution in [3.63, 3.8) is 0 Å². The molecule has 28 heavy (non-hydrogen) atoms. The van der Waals surface area contributed by atoms with E-state index in [0.717, 1.165) is 44.2 Å².